The first-order chi connectivity index (χ1) is 14.0. The second-order valence-electron chi connectivity index (χ2n) is 7.96. The number of piperidine rings is 1. The number of hydrogen-bond donors (Lipinski definition) is 0. The molecular weight excluding hydrogens is 368 g/mol. The highest BCUT2D eigenvalue weighted by Crippen LogP contribution is 2.23. The van der Waals surface area contributed by atoms with Crippen LogP contribution in [0.1, 0.15) is 40.4 Å². The summed E-state index contributed by atoms with van der Waals surface area (Å²) in [4.78, 5) is 29.8. The van der Waals surface area contributed by atoms with E-state index in [1.54, 1.807) is 16.9 Å². The highest BCUT2D eigenvalue weighted by molar-refractivity contribution is 5.95. The topological polar surface area (TPSA) is 67.7 Å². The zero-order chi connectivity index (χ0) is 20.4. The number of morpholine rings is 1. The zero-order valence-electron chi connectivity index (χ0n) is 17.1. The van der Waals surface area contributed by atoms with Gasteiger partial charge in [0.1, 0.15) is 0 Å². The van der Waals surface area contributed by atoms with Gasteiger partial charge in [0.2, 0.25) is 0 Å². The van der Waals surface area contributed by atoms with Gasteiger partial charge in [0.05, 0.1) is 31.1 Å². The lowest BCUT2D eigenvalue weighted by Crippen LogP contribution is -2.44. The molecule has 29 heavy (non-hydrogen) atoms. The van der Waals surface area contributed by atoms with Gasteiger partial charge in [-0.05, 0) is 38.3 Å². The van der Waals surface area contributed by atoms with Crippen molar-refractivity contribution < 1.29 is 9.53 Å². The molecule has 0 radical (unpaired) electrons. The minimum atomic E-state index is -0.111. The van der Waals surface area contributed by atoms with E-state index >= 15 is 0 Å². The largest absolute Gasteiger partial charge is 0.378 e. The van der Waals surface area contributed by atoms with Crippen LogP contribution in [0.25, 0.3) is 0 Å². The maximum atomic E-state index is 13.1. The Bertz CT molecular complexity index is 949. The third-order valence-corrected chi connectivity index (χ3v) is 5.83. The Kier molecular flexibility index (Phi) is 5.67. The Morgan fingerprint density at radius 3 is 2.66 bits per heavy atom. The Balaban J connectivity index is 1.50. The minimum absolute atomic E-state index is 0.0326. The molecule has 0 spiro atoms. The number of aromatic nitrogens is 2. The first-order valence-corrected chi connectivity index (χ1v) is 10.3. The average Bonchev–Trinajstić information content (AvgIpc) is 2.74. The number of likely N-dealkylation sites (tertiary alicyclic amines) is 1. The van der Waals surface area contributed by atoms with Gasteiger partial charge in [-0.25, -0.2) is 4.68 Å². The summed E-state index contributed by atoms with van der Waals surface area (Å²) in [5, 5.41) is 4.46. The van der Waals surface area contributed by atoms with Crippen LogP contribution < -0.4 is 10.5 Å². The van der Waals surface area contributed by atoms with E-state index in [0.717, 1.165) is 48.3 Å². The van der Waals surface area contributed by atoms with Gasteiger partial charge in [0, 0.05) is 37.8 Å². The maximum absolute atomic E-state index is 13.1. The van der Waals surface area contributed by atoms with Crippen LogP contribution in [0.4, 0.5) is 5.69 Å². The van der Waals surface area contributed by atoms with Crippen molar-refractivity contribution in [3.8, 4) is 0 Å². The van der Waals surface area contributed by atoms with Gasteiger partial charge in [-0.15, -0.1) is 0 Å². The van der Waals surface area contributed by atoms with Gasteiger partial charge >= 0.3 is 0 Å². The van der Waals surface area contributed by atoms with E-state index < -0.39 is 0 Å². The molecule has 3 heterocycles. The molecule has 0 saturated carbocycles. The molecule has 2 saturated heterocycles. The SMILES string of the molecule is Cc1ccc(C(=O)N2CCCC(n3ncc(N4CCOCC4)cc3=O)C2)c(C)c1. The number of ether oxygens (including phenoxy) is 1. The number of anilines is 1. The molecule has 1 amide bonds. The van der Waals surface area contributed by atoms with Crippen LogP contribution in [-0.4, -0.2) is 60.0 Å². The van der Waals surface area contributed by atoms with E-state index in [4.69, 9.17) is 4.74 Å². The number of amides is 1. The standard InChI is InChI=1S/C22H28N4O3/c1-16-5-6-20(17(2)12-16)22(28)25-7-3-4-18(15-25)26-21(27)13-19(14-23-26)24-8-10-29-11-9-24/h5-6,12-14,18H,3-4,7-11,15H2,1-2H3. The van der Waals surface area contributed by atoms with Gasteiger partial charge in [-0.2, -0.15) is 5.10 Å². The molecule has 2 fully saturated rings. The molecule has 1 aromatic carbocycles. The van der Waals surface area contributed by atoms with Gasteiger partial charge in [0.15, 0.2) is 0 Å². The van der Waals surface area contributed by atoms with Crippen molar-refractivity contribution in [1.29, 1.82) is 0 Å². The normalized spacial score (nSPS) is 20.0. The van der Waals surface area contributed by atoms with Crippen LogP contribution in [0.5, 0.6) is 0 Å². The van der Waals surface area contributed by atoms with E-state index in [9.17, 15) is 9.59 Å². The van der Waals surface area contributed by atoms with Crippen molar-refractivity contribution in [2.75, 3.05) is 44.3 Å². The number of aryl methyl sites for hydroxylation is 2. The summed E-state index contributed by atoms with van der Waals surface area (Å²) in [6.45, 7) is 8.09. The summed E-state index contributed by atoms with van der Waals surface area (Å²) in [6, 6.07) is 7.47. The van der Waals surface area contributed by atoms with Crippen LogP contribution >= 0.6 is 0 Å². The molecule has 0 N–H and O–H groups in total. The van der Waals surface area contributed by atoms with E-state index in [2.05, 4.69) is 10.00 Å². The summed E-state index contributed by atoms with van der Waals surface area (Å²) in [6.07, 6.45) is 3.47. The Labute approximate surface area is 170 Å². The number of nitrogens with zero attached hydrogens (tertiary/aromatic N) is 4. The molecule has 1 aromatic heterocycles. The molecule has 7 heteroatoms. The summed E-state index contributed by atoms with van der Waals surface area (Å²) < 4.78 is 6.92. The fraction of sp³-hybridized carbons (Fsp3) is 0.500. The Hall–Kier alpha value is -2.67. The van der Waals surface area contributed by atoms with Crippen LogP contribution in [0.2, 0.25) is 0 Å². The van der Waals surface area contributed by atoms with Crippen molar-refractivity contribution in [3.63, 3.8) is 0 Å². The minimum Gasteiger partial charge on any atom is -0.378 e. The predicted octanol–water partition coefficient (Wildman–Crippen LogP) is 2.17. The Morgan fingerprint density at radius 2 is 1.93 bits per heavy atom. The number of rotatable bonds is 3. The van der Waals surface area contributed by atoms with Crippen molar-refractivity contribution in [3.05, 3.63) is 57.5 Å². The van der Waals surface area contributed by atoms with Gasteiger partial charge in [0.25, 0.3) is 11.5 Å². The van der Waals surface area contributed by atoms with E-state index in [1.165, 1.54) is 0 Å². The fourth-order valence-corrected chi connectivity index (χ4v) is 4.24. The highest BCUT2D eigenvalue weighted by atomic mass is 16.5. The van der Waals surface area contributed by atoms with Crippen molar-refractivity contribution in [2.24, 2.45) is 0 Å². The number of hydrogen-bond acceptors (Lipinski definition) is 5. The van der Waals surface area contributed by atoms with E-state index in [0.29, 0.717) is 26.3 Å². The lowest BCUT2D eigenvalue weighted by atomic mass is 10.0. The van der Waals surface area contributed by atoms with Crippen molar-refractivity contribution in [1.82, 2.24) is 14.7 Å². The lowest BCUT2D eigenvalue weighted by molar-refractivity contribution is 0.0669. The monoisotopic (exact) mass is 396 g/mol. The number of carbonyl (C=O) groups excluding carboxylic acids is 1. The highest BCUT2D eigenvalue weighted by Gasteiger charge is 2.27. The third kappa shape index (κ3) is 4.19. The first kappa shape index (κ1) is 19.6. The molecule has 0 aliphatic carbocycles. The van der Waals surface area contributed by atoms with Crippen LogP contribution in [0.15, 0.2) is 35.3 Å². The smallest absolute Gasteiger partial charge is 0.269 e. The molecule has 1 unspecified atom stereocenters. The third-order valence-electron chi connectivity index (χ3n) is 5.83. The van der Waals surface area contributed by atoms with Gasteiger partial charge in [-0.1, -0.05) is 17.7 Å². The fourth-order valence-electron chi connectivity index (χ4n) is 4.24. The van der Waals surface area contributed by atoms with Crippen molar-refractivity contribution in [2.45, 2.75) is 32.7 Å². The molecule has 2 aliphatic heterocycles. The van der Waals surface area contributed by atoms with E-state index in [-0.39, 0.29) is 17.5 Å². The molecular formula is C22H28N4O3. The second kappa shape index (κ2) is 8.37. The van der Waals surface area contributed by atoms with Crippen LogP contribution in [-0.2, 0) is 4.74 Å². The zero-order valence-corrected chi connectivity index (χ0v) is 17.1. The van der Waals surface area contributed by atoms with Crippen LogP contribution in [0, 0.1) is 13.8 Å². The summed E-state index contributed by atoms with van der Waals surface area (Å²) in [5.41, 5.74) is 3.60. The molecule has 0 bridgehead atoms. The second-order valence-corrected chi connectivity index (χ2v) is 7.96. The Morgan fingerprint density at radius 1 is 1.14 bits per heavy atom. The summed E-state index contributed by atoms with van der Waals surface area (Å²) in [5.74, 6) is 0.0326. The number of benzene rings is 1. The average molecular weight is 396 g/mol. The lowest BCUT2D eigenvalue weighted by Gasteiger charge is -2.34. The summed E-state index contributed by atoms with van der Waals surface area (Å²) >= 11 is 0. The quantitative estimate of drug-likeness (QED) is 0.796. The maximum Gasteiger partial charge on any atom is 0.269 e. The van der Waals surface area contributed by atoms with Gasteiger partial charge in [-0.3, -0.25) is 9.59 Å². The van der Waals surface area contributed by atoms with Gasteiger partial charge < -0.3 is 14.5 Å². The molecule has 2 aromatic rings. The molecule has 4 rings (SSSR count). The summed E-state index contributed by atoms with van der Waals surface area (Å²) in [7, 11) is 0. The molecule has 154 valence electrons. The van der Waals surface area contributed by atoms with E-state index in [1.807, 2.05) is 36.9 Å². The first-order valence-electron chi connectivity index (χ1n) is 10.3. The van der Waals surface area contributed by atoms with Crippen LogP contribution in [0.3, 0.4) is 0 Å². The predicted molar refractivity (Wildman–Crippen MR) is 112 cm³/mol. The molecule has 2 aliphatic rings. The van der Waals surface area contributed by atoms with Crippen molar-refractivity contribution >= 4 is 11.6 Å². The number of carbonyl (C=O) groups is 1. The molecule has 7 nitrogen and oxygen atoms in total. The molecule has 1 atom stereocenters.